The maximum absolute atomic E-state index is 9.05. The van der Waals surface area contributed by atoms with E-state index in [0.29, 0.717) is 5.56 Å². The van der Waals surface area contributed by atoms with Crippen molar-refractivity contribution in [1.82, 2.24) is 9.55 Å². The molecule has 2 aromatic carbocycles. The fourth-order valence-electron chi connectivity index (χ4n) is 2.34. The zero-order valence-electron chi connectivity index (χ0n) is 11.1. The summed E-state index contributed by atoms with van der Waals surface area (Å²) in [5.74, 6) is 0.793. The van der Waals surface area contributed by atoms with Crippen molar-refractivity contribution in [2.75, 3.05) is 0 Å². The molecule has 0 aliphatic heterocycles. The lowest BCUT2D eigenvalue weighted by Crippen LogP contribution is -2.12. The maximum atomic E-state index is 9.05. The fourth-order valence-corrected chi connectivity index (χ4v) is 2.34. The van der Waals surface area contributed by atoms with Crippen molar-refractivity contribution in [3.8, 4) is 11.8 Å². The van der Waals surface area contributed by atoms with Gasteiger partial charge in [0.05, 0.1) is 28.7 Å². The molecule has 3 rings (SSSR count). The standard InChI is InChI=1S/C16H14N4/c1-11(18)16-19-14-7-2-3-8-15(14)20(16)13-6-4-5-12(9-13)10-17/h2-9,11H,18H2,1H3. The van der Waals surface area contributed by atoms with Gasteiger partial charge in [-0.05, 0) is 37.3 Å². The molecule has 1 heterocycles. The number of nitrogens with zero attached hydrogens (tertiary/aromatic N) is 3. The molecule has 4 heteroatoms. The van der Waals surface area contributed by atoms with E-state index in [1.54, 1.807) is 6.07 Å². The monoisotopic (exact) mass is 262 g/mol. The van der Waals surface area contributed by atoms with E-state index in [-0.39, 0.29) is 6.04 Å². The minimum absolute atomic E-state index is 0.187. The van der Waals surface area contributed by atoms with Crippen molar-refractivity contribution in [2.24, 2.45) is 5.73 Å². The van der Waals surface area contributed by atoms with E-state index in [1.807, 2.05) is 54.0 Å². The smallest absolute Gasteiger partial charge is 0.131 e. The summed E-state index contributed by atoms with van der Waals surface area (Å²) in [6.45, 7) is 1.91. The van der Waals surface area contributed by atoms with Crippen LogP contribution < -0.4 is 5.73 Å². The number of benzene rings is 2. The van der Waals surface area contributed by atoms with Crippen LogP contribution in [0.2, 0.25) is 0 Å². The molecule has 0 amide bonds. The number of imidazole rings is 1. The third-order valence-electron chi connectivity index (χ3n) is 3.23. The first kappa shape index (κ1) is 12.4. The average molecular weight is 262 g/mol. The lowest BCUT2D eigenvalue weighted by molar-refractivity contribution is 0.727. The van der Waals surface area contributed by atoms with E-state index < -0.39 is 0 Å². The molecule has 0 aliphatic carbocycles. The van der Waals surface area contributed by atoms with E-state index >= 15 is 0 Å². The Balaban J connectivity index is 2.33. The number of rotatable bonds is 2. The highest BCUT2D eigenvalue weighted by molar-refractivity contribution is 5.78. The van der Waals surface area contributed by atoms with E-state index in [1.165, 1.54) is 0 Å². The predicted molar refractivity (Wildman–Crippen MR) is 78.4 cm³/mol. The van der Waals surface area contributed by atoms with Gasteiger partial charge in [-0.2, -0.15) is 5.26 Å². The van der Waals surface area contributed by atoms with E-state index in [0.717, 1.165) is 22.5 Å². The molecule has 1 aromatic heterocycles. The number of fused-ring (bicyclic) bond motifs is 1. The minimum atomic E-state index is -0.187. The molecule has 0 saturated heterocycles. The van der Waals surface area contributed by atoms with Gasteiger partial charge in [-0.15, -0.1) is 0 Å². The van der Waals surface area contributed by atoms with Crippen LogP contribution in [0.15, 0.2) is 48.5 Å². The van der Waals surface area contributed by atoms with Crippen LogP contribution in [0, 0.1) is 11.3 Å². The van der Waals surface area contributed by atoms with Gasteiger partial charge in [0.15, 0.2) is 0 Å². The summed E-state index contributed by atoms with van der Waals surface area (Å²) >= 11 is 0. The van der Waals surface area contributed by atoms with Gasteiger partial charge in [-0.1, -0.05) is 18.2 Å². The van der Waals surface area contributed by atoms with Gasteiger partial charge < -0.3 is 5.73 Å². The number of nitriles is 1. The molecule has 0 bridgehead atoms. The summed E-state index contributed by atoms with van der Waals surface area (Å²) in [6, 6.07) is 17.3. The summed E-state index contributed by atoms with van der Waals surface area (Å²) in [5, 5.41) is 9.05. The first-order valence-electron chi connectivity index (χ1n) is 6.44. The molecule has 4 nitrogen and oxygen atoms in total. The van der Waals surface area contributed by atoms with Crippen LogP contribution in [-0.2, 0) is 0 Å². The van der Waals surface area contributed by atoms with Crippen molar-refractivity contribution in [3.05, 3.63) is 59.9 Å². The van der Waals surface area contributed by atoms with Crippen LogP contribution in [0.5, 0.6) is 0 Å². The number of para-hydroxylation sites is 2. The third-order valence-corrected chi connectivity index (χ3v) is 3.23. The van der Waals surface area contributed by atoms with Gasteiger partial charge in [0, 0.05) is 5.69 Å². The number of hydrogen-bond acceptors (Lipinski definition) is 3. The van der Waals surface area contributed by atoms with Gasteiger partial charge in [0.25, 0.3) is 0 Å². The molecular formula is C16H14N4. The van der Waals surface area contributed by atoms with Crippen LogP contribution in [0.1, 0.15) is 24.4 Å². The van der Waals surface area contributed by atoms with E-state index in [4.69, 9.17) is 11.0 Å². The minimum Gasteiger partial charge on any atom is -0.322 e. The molecule has 0 spiro atoms. The highest BCUT2D eigenvalue weighted by Crippen LogP contribution is 2.24. The predicted octanol–water partition coefficient (Wildman–Crippen LogP) is 2.92. The quantitative estimate of drug-likeness (QED) is 0.772. The Labute approximate surface area is 117 Å². The number of hydrogen-bond donors (Lipinski definition) is 1. The lowest BCUT2D eigenvalue weighted by atomic mass is 10.2. The summed E-state index contributed by atoms with van der Waals surface area (Å²) in [4.78, 5) is 4.60. The summed E-state index contributed by atoms with van der Waals surface area (Å²) in [5.41, 5.74) is 9.47. The van der Waals surface area contributed by atoms with Gasteiger partial charge >= 0.3 is 0 Å². The van der Waals surface area contributed by atoms with Gasteiger partial charge in [-0.25, -0.2) is 4.98 Å². The highest BCUT2D eigenvalue weighted by Gasteiger charge is 2.15. The third kappa shape index (κ3) is 1.94. The van der Waals surface area contributed by atoms with Crippen molar-refractivity contribution in [2.45, 2.75) is 13.0 Å². The Hall–Kier alpha value is -2.64. The van der Waals surface area contributed by atoms with Gasteiger partial charge in [-0.3, -0.25) is 4.57 Å². The molecule has 98 valence electrons. The molecule has 1 atom stereocenters. The maximum Gasteiger partial charge on any atom is 0.131 e. The summed E-state index contributed by atoms with van der Waals surface area (Å²) < 4.78 is 2.01. The lowest BCUT2D eigenvalue weighted by Gasteiger charge is -2.11. The van der Waals surface area contributed by atoms with Gasteiger partial charge in [0.2, 0.25) is 0 Å². The van der Waals surface area contributed by atoms with Crippen LogP contribution >= 0.6 is 0 Å². The Morgan fingerprint density at radius 3 is 2.75 bits per heavy atom. The zero-order valence-corrected chi connectivity index (χ0v) is 11.1. The molecular weight excluding hydrogens is 248 g/mol. The molecule has 3 aromatic rings. The molecule has 0 saturated carbocycles. The average Bonchev–Trinajstić information content (AvgIpc) is 2.87. The normalized spacial score (nSPS) is 12.2. The number of nitrogens with two attached hydrogens (primary N) is 1. The van der Waals surface area contributed by atoms with Crippen molar-refractivity contribution >= 4 is 11.0 Å². The van der Waals surface area contributed by atoms with Crippen molar-refractivity contribution in [3.63, 3.8) is 0 Å². The largest absolute Gasteiger partial charge is 0.322 e. The summed E-state index contributed by atoms with van der Waals surface area (Å²) in [6.07, 6.45) is 0. The van der Waals surface area contributed by atoms with Gasteiger partial charge in [0.1, 0.15) is 5.82 Å². The molecule has 1 unspecified atom stereocenters. The molecule has 20 heavy (non-hydrogen) atoms. The van der Waals surface area contributed by atoms with E-state index in [9.17, 15) is 0 Å². The SMILES string of the molecule is CC(N)c1nc2ccccc2n1-c1cccc(C#N)c1. The highest BCUT2D eigenvalue weighted by atomic mass is 15.1. The summed E-state index contributed by atoms with van der Waals surface area (Å²) in [7, 11) is 0. The molecule has 0 fully saturated rings. The van der Waals surface area contributed by atoms with Crippen LogP contribution in [0.3, 0.4) is 0 Å². The number of aromatic nitrogens is 2. The van der Waals surface area contributed by atoms with E-state index in [2.05, 4.69) is 11.1 Å². The fraction of sp³-hybridized carbons (Fsp3) is 0.125. The van der Waals surface area contributed by atoms with Crippen LogP contribution in [0.25, 0.3) is 16.7 Å². The van der Waals surface area contributed by atoms with Crippen LogP contribution in [0.4, 0.5) is 0 Å². The zero-order chi connectivity index (χ0) is 14.1. The van der Waals surface area contributed by atoms with Crippen molar-refractivity contribution < 1.29 is 0 Å². The first-order valence-corrected chi connectivity index (χ1v) is 6.44. The Kier molecular flexibility index (Phi) is 2.97. The van der Waals surface area contributed by atoms with Crippen LogP contribution in [-0.4, -0.2) is 9.55 Å². The molecule has 2 N–H and O–H groups in total. The topological polar surface area (TPSA) is 67.6 Å². The Morgan fingerprint density at radius 2 is 2.00 bits per heavy atom. The van der Waals surface area contributed by atoms with Crippen molar-refractivity contribution in [1.29, 1.82) is 5.26 Å². The second-order valence-electron chi connectivity index (χ2n) is 4.74. The Bertz CT molecular complexity index is 809. The first-order chi connectivity index (χ1) is 9.70. The molecule has 0 radical (unpaired) electrons. The second kappa shape index (κ2) is 4.80. The Morgan fingerprint density at radius 1 is 1.20 bits per heavy atom. The molecule has 0 aliphatic rings. The second-order valence-corrected chi connectivity index (χ2v) is 4.74.